The van der Waals surface area contributed by atoms with E-state index >= 15 is 0 Å². The summed E-state index contributed by atoms with van der Waals surface area (Å²) in [5, 5.41) is 0. The molecule has 0 aromatic heterocycles. The summed E-state index contributed by atoms with van der Waals surface area (Å²) in [4.78, 5) is 24.8. The molecule has 0 saturated carbocycles. The highest BCUT2D eigenvalue weighted by atomic mass is 16.5. The predicted molar refractivity (Wildman–Crippen MR) is 90.7 cm³/mol. The third-order valence-electron chi connectivity index (χ3n) is 3.67. The molecule has 4 heteroatoms. The van der Waals surface area contributed by atoms with E-state index in [2.05, 4.69) is 0 Å². The summed E-state index contributed by atoms with van der Waals surface area (Å²) in [6.07, 6.45) is 0.719. The Morgan fingerprint density at radius 1 is 1.09 bits per heavy atom. The van der Waals surface area contributed by atoms with Crippen molar-refractivity contribution in [2.75, 3.05) is 19.7 Å². The number of hydrogen-bond acceptors (Lipinski definition) is 3. The summed E-state index contributed by atoms with van der Waals surface area (Å²) in [5.74, 6) is 0.648. The zero-order valence-corrected chi connectivity index (χ0v) is 13.5. The Balaban J connectivity index is 2.37. The molecule has 0 heterocycles. The molecule has 2 rings (SSSR count). The van der Waals surface area contributed by atoms with Crippen molar-refractivity contribution in [3.05, 3.63) is 54.1 Å². The van der Waals surface area contributed by atoms with E-state index in [1.165, 1.54) is 0 Å². The minimum atomic E-state index is 0.00901. The third-order valence-corrected chi connectivity index (χ3v) is 3.67. The SMILES string of the molecule is CCN(CC)C(=O)c1cccc(-c2ccccc2OCC=O)c1. The molecule has 2 aromatic rings. The van der Waals surface area contributed by atoms with Crippen LogP contribution in [0.5, 0.6) is 5.75 Å². The molecule has 0 aliphatic carbocycles. The standard InChI is InChI=1S/C19H21NO3/c1-3-20(4-2)19(22)16-9-7-8-15(14-16)17-10-5-6-11-18(17)23-13-12-21/h5-12,14H,3-4,13H2,1-2H3. The molecule has 0 fully saturated rings. The summed E-state index contributed by atoms with van der Waals surface area (Å²) in [6, 6.07) is 15.0. The van der Waals surface area contributed by atoms with Crippen molar-refractivity contribution in [1.29, 1.82) is 0 Å². The first-order chi connectivity index (χ1) is 11.2. The van der Waals surface area contributed by atoms with Crippen LogP contribution in [0.15, 0.2) is 48.5 Å². The third kappa shape index (κ3) is 3.97. The van der Waals surface area contributed by atoms with Crippen molar-refractivity contribution in [2.24, 2.45) is 0 Å². The van der Waals surface area contributed by atoms with E-state index in [1.54, 1.807) is 4.90 Å². The molecule has 0 saturated heterocycles. The van der Waals surface area contributed by atoms with Crippen LogP contribution in [0.3, 0.4) is 0 Å². The Morgan fingerprint density at radius 2 is 1.83 bits per heavy atom. The first-order valence-electron chi connectivity index (χ1n) is 7.76. The summed E-state index contributed by atoms with van der Waals surface area (Å²) in [5.41, 5.74) is 2.41. The maximum absolute atomic E-state index is 12.5. The van der Waals surface area contributed by atoms with Crippen LogP contribution in [-0.2, 0) is 4.79 Å². The van der Waals surface area contributed by atoms with Crippen LogP contribution >= 0.6 is 0 Å². The number of benzene rings is 2. The number of carbonyl (C=O) groups is 2. The molecular weight excluding hydrogens is 290 g/mol. The lowest BCUT2D eigenvalue weighted by Gasteiger charge is -2.19. The first kappa shape index (κ1) is 16.7. The van der Waals surface area contributed by atoms with Gasteiger partial charge in [0.05, 0.1) is 0 Å². The normalized spacial score (nSPS) is 10.2. The van der Waals surface area contributed by atoms with E-state index in [1.807, 2.05) is 62.4 Å². The molecule has 2 aromatic carbocycles. The fraction of sp³-hybridized carbons (Fsp3) is 0.263. The van der Waals surface area contributed by atoms with E-state index in [0.717, 1.165) is 17.4 Å². The van der Waals surface area contributed by atoms with Gasteiger partial charge in [-0.25, -0.2) is 0 Å². The Morgan fingerprint density at radius 3 is 2.52 bits per heavy atom. The van der Waals surface area contributed by atoms with Gasteiger partial charge in [0.15, 0.2) is 6.29 Å². The van der Waals surface area contributed by atoms with Crippen molar-refractivity contribution in [1.82, 2.24) is 4.90 Å². The Labute approximate surface area is 136 Å². The molecule has 0 atom stereocenters. The zero-order chi connectivity index (χ0) is 16.7. The molecule has 0 spiro atoms. The van der Waals surface area contributed by atoms with Crippen LogP contribution in [0, 0.1) is 0 Å². The molecule has 120 valence electrons. The minimum absolute atomic E-state index is 0.00901. The Kier molecular flexibility index (Phi) is 5.92. The number of para-hydroxylation sites is 1. The first-order valence-corrected chi connectivity index (χ1v) is 7.76. The number of aldehydes is 1. The number of hydrogen-bond donors (Lipinski definition) is 0. The van der Waals surface area contributed by atoms with Gasteiger partial charge in [0, 0.05) is 24.2 Å². The van der Waals surface area contributed by atoms with Gasteiger partial charge < -0.3 is 9.64 Å². The summed E-state index contributed by atoms with van der Waals surface area (Å²) >= 11 is 0. The fourth-order valence-corrected chi connectivity index (χ4v) is 2.47. The second kappa shape index (κ2) is 8.13. The van der Waals surface area contributed by atoms with E-state index in [9.17, 15) is 9.59 Å². The van der Waals surface area contributed by atoms with Gasteiger partial charge in [-0.15, -0.1) is 0 Å². The molecule has 4 nitrogen and oxygen atoms in total. The molecule has 0 unspecified atom stereocenters. The van der Waals surface area contributed by atoms with Crippen molar-refractivity contribution >= 4 is 12.2 Å². The van der Waals surface area contributed by atoms with Gasteiger partial charge in [-0.2, -0.15) is 0 Å². The molecule has 0 aliphatic rings. The quantitative estimate of drug-likeness (QED) is 0.736. The van der Waals surface area contributed by atoms with E-state index in [0.29, 0.717) is 24.4 Å². The van der Waals surface area contributed by atoms with Gasteiger partial charge in [-0.05, 0) is 37.6 Å². The number of nitrogens with zero attached hydrogens (tertiary/aromatic N) is 1. The van der Waals surface area contributed by atoms with E-state index < -0.39 is 0 Å². The van der Waals surface area contributed by atoms with Crippen LogP contribution < -0.4 is 4.74 Å². The predicted octanol–water partition coefficient (Wildman–Crippen LogP) is 3.41. The molecule has 1 amide bonds. The molecule has 23 heavy (non-hydrogen) atoms. The second-order valence-electron chi connectivity index (χ2n) is 5.03. The van der Waals surface area contributed by atoms with Crippen molar-refractivity contribution in [2.45, 2.75) is 13.8 Å². The largest absolute Gasteiger partial charge is 0.486 e. The average molecular weight is 311 g/mol. The van der Waals surface area contributed by atoms with Crippen LogP contribution in [0.1, 0.15) is 24.2 Å². The number of rotatable bonds is 7. The zero-order valence-electron chi connectivity index (χ0n) is 13.5. The maximum atomic E-state index is 12.5. The van der Waals surface area contributed by atoms with Crippen molar-refractivity contribution in [3.8, 4) is 16.9 Å². The molecule has 0 bridgehead atoms. The van der Waals surface area contributed by atoms with Crippen molar-refractivity contribution < 1.29 is 14.3 Å². The Hall–Kier alpha value is -2.62. The highest BCUT2D eigenvalue weighted by molar-refractivity contribution is 5.95. The highest BCUT2D eigenvalue weighted by Gasteiger charge is 2.14. The monoisotopic (exact) mass is 311 g/mol. The lowest BCUT2D eigenvalue weighted by molar-refractivity contribution is -0.109. The topological polar surface area (TPSA) is 46.6 Å². The highest BCUT2D eigenvalue weighted by Crippen LogP contribution is 2.30. The van der Waals surface area contributed by atoms with Gasteiger partial charge in [-0.1, -0.05) is 30.3 Å². The van der Waals surface area contributed by atoms with Gasteiger partial charge >= 0.3 is 0 Å². The summed E-state index contributed by atoms with van der Waals surface area (Å²) < 4.78 is 5.47. The second-order valence-corrected chi connectivity index (χ2v) is 5.03. The summed E-state index contributed by atoms with van der Waals surface area (Å²) in [6.45, 7) is 5.30. The maximum Gasteiger partial charge on any atom is 0.253 e. The van der Waals surface area contributed by atoms with Gasteiger partial charge in [0.25, 0.3) is 5.91 Å². The summed E-state index contributed by atoms with van der Waals surface area (Å²) in [7, 11) is 0. The number of amides is 1. The Bertz CT molecular complexity index is 678. The number of carbonyl (C=O) groups excluding carboxylic acids is 2. The minimum Gasteiger partial charge on any atom is -0.486 e. The van der Waals surface area contributed by atoms with Crippen LogP contribution in [0.4, 0.5) is 0 Å². The van der Waals surface area contributed by atoms with E-state index in [-0.39, 0.29) is 12.5 Å². The van der Waals surface area contributed by atoms with Crippen LogP contribution in [-0.4, -0.2) is 36.8 Å². The van der Waals surface area contributed by atoms with Gasteiger partial charge in [0.2, 0.25) is 0 Å². The van der Waals surface area contributed by atoms with Gasteiger partial charge in [-0.3, -0.25) is 9.59 Å². The lowest BCUT2D eigenvalue weighted by Crippen LogP contribution is -2.30. The molecule has 0 N–H and O–H groups in total. The van der Waals surface area contributed by atoms with Gasteiger partial charge in [0.1, 0.15) is 12.4 Å². The lowest BCUT2D eigenvalue weighted by atomic mass is 10.0. The fourth-order valence-electron chi connectivity index (χ4n) is 2.47. The van der Waals surface area contributed by atoms with Crippen LogP contribution in [0.25, 0.3) is 11.1 Å². The number of ether oxygens (including phenoxy) is 1. The van der Waals surface area contributed by atoms with E-state index in [4.69, 9.17) is 4.74 Å². The van der Waals surface area contributed by atoms with Crippen molar-refractivity contribution in [3.63, 3.8) is 0 Å². The average Bonchev–Trinajstić information content (AvgIpc) is 2.61. The smallest absolute Gasteiger partial charge is 0.253 e. The van der Waals surface area contributed by atoms with Crippen LogP contribution in [0.2, 0.25) is 0 Å². The molecule has 0 aliphatic heterocycles. The molecule has 0 radical (unpaired) electrons. The molecular formula is C19H21NO3.